The maximum Gasteiger partial charge on any atom is 0.355 e. The lowest BCUT2D eigenvalue weighted by molar-refractivity contribution is -0.128. The molecule has 1 fully saturated rings. The lowest BCUT2D eigenvalue weighted by atomic mass is 9.98. The number of aryl methyl sites for hydroxylation is 3. The second kappa shape index (κ2) is 11.1. The van der Waals surface area contributed by atoms with Gasteiger partial charge < -0.3 is 9.80 Å². The van der Waals surface area contributed by atoms with Gasteiger partial charge in [-0.2, -0.15) is 4.98 Å². The summed E-state index contributed by atoms with van der Waals surface area (Å²) < 4.78 is 17.6. The summed E-state index contributed by atoms with van der Waals surface area (Å²) in [5.74, 6) is -0.289. The molecule has 1 aliphatic heterocycles. The van der Waals surface area contributed by atoms with E-state index in [9.17, 15) is 9.59 Å². The van der Waals surface area contributed by atoms with Crippen molar-refractivity contribution in [3.05, 3.63) is 87.9 Å². The Balaban J connectivity index is 1.85. The van der Waals surface area contributed by atoms with Gasteiger partial charge in [-0.25, -0.2) is 18.7 Å². The van der Waals surface area contributed by atoms with Gasteiger partial charge in [-0.1, -0.05) is 38.6 Å². The zero-order valence-electron chi connectivity index (χ0n) is 25.3. The molecule has 4 heterocycles. The van der Waals surface area contributed by atoms with E-state index in [4.69, 9.17) is 4.98 Å². The first-order valence-corrected chi connectivity index (χ1v) is 14.3. The number of hydrogen-bond acceptors (Lipinski definition) is 6. The van der Waals surface area contributed by atoms with E-state index in [1.807, 2.05) is 77.6 Å². The van der Waals surface area contributed by atoms with Crippen molar-refractivity contribution in [3.63, 3.8) is 0 Å². The number of nitrogens with zero attached hydrogens (tertiary/aromatic N) is 6. The molecule has 8 nitrogen and oxygen atoms in total. The highest BCUT2D eigenvalue weighted by molar-refractivity contribution is 5.91. The standard InChI is InChI=1S/C33H37FN6O2/c1-9-26(41)38-16-23(8)39(17-22(38)7)31-24-15-25(34)29(27-19(4)11-10-12-20(27)5)36-32(24)40(33(42)37-31)30-21(6)13-14-35-28(30)18(2)3/h9-15,18,22-23H,1,16-17H2,2-8H3. The van der Waals surface area contributed by atoms with E-state index in [2.05, 4.69) is 16.5 Å². The normalized spacial score (nSPS) is 17.3. The summed E-state index contributed by atoms with van der Waals surface area (Å²) in [6, 6.07) is 8.71. The molecule has 1 saturated heterocycles. The average Bonchev–Trinajstić information content (AvgIpc) is 2.94. The molecular formula is C33H37FN6O2. The van der Waals surface area contributed by atoms with Gasteiger partial charge in [0.05, 0.1) is 16.8 Å². The minimum atomic E-state index is -0.522. The smallest absolute Gasteiger partial charge is 0.349 e. The molecule has 4 aromatic rings. The van der Waals surface area contributed by atoms with E-state index in [0.29, 0.717) is 41.2 Å². The van der Waals surface area contributed by atoms with Crippen molar-refractivity contribution in [2.75, 3.05) is 18.0 Å². The van der Waals surface area contributed by atoms with E-state index >= 15 is 4.39 Å². The van der Waals surface area contributed by atoms with Crippen molar-refractivity contribution in [1.82, 2.24) is 24.4 Å². The summed E-state index contributed by atoms with van der Waals surface area (Å²) in [5, 5.41) is 0.419. The molecule has 0 spiro atoms. The molecule has 5 rings (SSSR count). The Labute approximate surface area is 245 Å². The first kappa shape index (κ1) is 29.1. The van der Waals surface area contributed by atoms with Crippen LogP contribution in [0.25, 0.3) is 28.0 Å². The van der Waals surface area contributed by atoms with E-state index in [0.717, 1.165) is 22.4 Å². The largest absolute Gasteiger partial charge is 0.355 e. The number of fused-ring (bicyclic) bond motifs is 1. The second-order valence-corrected chi connectivity index (χ2v) is 11.6. The number of pyridine rings is 2. The van der Waals surface area contributed by atoms with Crippen molar-refractivity contribution in [1.29, 1.82) is 0 Å². The zero-order chi connectivity index (χ0) is 30.5. The maximum absolute atomic E-state index is 16.1. The number of benzene rings is 1. The summed E-state index contributed by atoms with van der Waals surface area (Å²) in [6.07, 6.45) is 3.04. The highest BCUT2D eigenvalue weighted by atomic mass is 19.1. The highest BCUT2D eigenvalue weighted by Crippen LogP contribution is 2.35. The minimum absolute atomic E-state index is 0.0106. The first-order chi connectivity index (χ1) is 19.9. The van der Waals surface area contributed by atoms with Crippen molar-refractivity contribution in [2.45, 2.75) is 66.5 Å². The van der Waals surface area contributed by atoms with Crippen molar-refractivity contribution in [2.24, 2.45) is 0 Å². The predicted octanol–water partition coefficient (Wildman–Crippen LogP) is 5.64. The number of hydrogen-bond donors (Lipinski definition) is 0. The summed E-state index contributed by atoms with van der Waals surface area (Å²) in [6.45, 7) is 18.2. The number of anilines is 1. The Morgan fingerprint density at radius 2 is 1.74 bits per heavy atom. The van der Waals surface area contributed by atoms with Gasteiger partial charge >= 0.3 is 5.69 Å². The summed E-state index contributed by atoms with van der Waals surface area (Å²) >= 11 is 0. The number of halogens is 1. The number of piperazine rings is 1. The fourth-order valence-electron chi connectivity index (χ4n) is 6.02. The van der Waals surface area contributed by atoms with Crippen LogP contribution in [0.3, 0.4) is 0 Å². The van der Waals surface area contributed by atoms with E-state index in [1.165, 1.54) is 16.7 Å². The minimum Gasteiger partial charge on any atom is -0.349 e. The van der Waals surface area contributed by atoms with Gasteiger partial charge in [0.2, 0.25) is 5.91 Å². The molecule has 0 radical (unpaired) electrons. The molecule has 0 aliphatic carbocycles. The molecule has 2 atom stereocenters. The molecule has 0 N–H and O–H groups in total. The van der Waals surface area contributed by atoms with Crippen LogP contribution < -0.4 is 10.6 Å². The van der Waals surface area contributed by atoms with Crippen molar-refractivity contribution in [3.8, 4) is 16.9 Å². The predicted molar refractivity (Wildman–Crippen MR) is 165 cm³/mol. The zero-order valence-corrected chi connectivity index (χ0v) is 25.3. The molecule has 1 aromatic carbocycles. The Kier molecular flexibility index (Phi) is 7.70. The third kappa shape index (κ3) is 4.86. The van der Waals surface area contributed by atoms with Gasteiger partial charge in [0, 0.05) is 36.9 Å². The first-order valence-electron chi connectivity index (χ1n) is 14.3. The number of carbonyl (C=O) groups is 1. The van der Waals surface area contributed by atoms with Crippen LogP contribution in [0.1, 0.15) is 56.0 Å². The second-order valence-electron chi connectivity index (χ2n) is 11.6. The number of rotatable bonds is 5. The van der Waals surface area contributed by atoms with Gasteiger partial charge in [-0.3, -0.25) is 9.78 Å². The Morgan fingerprint density at radius 1 is 1.05 bits per heavy atom. The molecule has 3 aromatic heterocycles. The SMILES string of the molecule is C=CC(=O)N1CC(C)N(c2nc(=O)n(-c3c(C)ccnc3C(C)C)c3nc(-c4c(C)cccc4C)c(F)cc23)CC1C. The monoisotopic (exact) mass is 568 g/mol. The molecule has 9 heteroatoms. The third-order valence-corrected chi connectivity index (χ3v) is 8.16. The van der Waals surface area contributed by atoms with Gasteiger partial charge in [-0.05, 0) is 75.4 Å². The summed E-state index contributed by atoms with van der Waals surface area (Å²) in [7, 11) is 0. The van der Waals surface area contributed by atoms with E-state index in [-0.39, 0.29) is 29.6 Å². The summed E-state index contributed by atoms with van der Waals surface area (Å²) in [4.78, 5) is 44.4. The van der Waals surface area contributed by atoms with E-state index < -0.39 is 11.5 Å². The van der Waals surface area contributed by atoms with Crippen LogP contribution in [-0.2, 0) is 4.79 Å². The van der Waals surface area contributed by atoms with Crippen LogP contribution in [-0.4, -0.2) is 55.5 Å². The number of aromatic nitrogens is 4. The Bertz CT molecular complexity index is 1760. The van der Waals surface area contributed by atoms with E-state index in [1.54, 1.807) is 11.1 Å². The molecule has 218 valence electrons. The Hall–Kier alpha value is -4.40. The average molecular weight is 569 g/mol. The molecule has 1 amide bonds. The van der Waals surface area contributed by atoms with Crippen LogP contribution in [0.5, 0.6) is 0 Å². The van der Waals surface area contributed by atoms with Crippen LogP contribution in [0.15, 0.2) is 54.0 Å². The van der Waals surface area contributed by atoms with Crippen LogP contribution in [0.4, 0.5) is 10.2 Å². The molecular weight excluding hydrogens is 531 g/mol. The molecule has 0 saturated carbocycles. The highest BCUT2D eigenvalue weighted by Gasteiger charge is 2.34. The third-order valence-electron chi connectivity index (χ3n) is 8.16. The maximum atomic E-state index is 16.1. The van der Waals surface area contributed by atoms with Crippen LogP contribution in [0.2, 0.25) is 0 Å². The molecule has 42 heavy (non-hydrogen) atoms. The summed E-state index contributed by atoms with van der Waals surface area (Å²) in [5.41, 5.74) is 4.60. The van der Waals surface area contributed by atoms with Crippen molar-refractivity contribution >= 4 is 22.8 Å². The lowest BCUT2D eigenvalue weighted by Crippen LogP contribution is -2.58. The van der Waals surface area contributed by atoms with Crippen LogP contribution in [0, 0.1) is 26.6 Å². The van der Waals surface area contributed by atoms with Gasteiger partial charge in [0.1, 0.15) is 17.3 Å². The van der Waals surface area contributed by atoms with Crippen LogP contribution >= 0.6 is 0 Å². The fraction of sp³-hybridized carbons (Fsp3) is 0.364. The quantitative estimate of drug-likeness (QED) is 0.290. The number of amides is 1. The van der Waals surface area contributed by atoms with Gasteiger partial charge in [-0.15, -0.1) is 0 Å². The van der Waals surface area contributed by atoms with Gasteiger partial charge in [0.15, 0.2) is 5.65 Å². The Morgan fingerprint density at radius 3 is 2.38 bits per heavy atom. The number of carbonyl (C=O) groups excluding carboxylic acids is 1. The molecule has 1 aliphatic rings. The van der Waals surface area contributed by atoms with Gasteiger partial charge in [0.25, 0.3) is 0 Å². The molecule has 0 bridgehead atoms. The topological polar surface area (TPSA) is 84.2 Å². The fourth-order valence-corrected chi connectivity index (χ4v) is 6.02. The molecule has 2 unspecified atom stereocenters. The van der Waals surface area contributed by atoms with Crippen molar-refractivity contribution < 1.29 is 9.18 Å². The lowest BCUT2D eigenvalue weighted by Gasteiger charge is -2.44.